The summed E-state index contributed by atoms with van der Waals surface area (Å²) in [7, 11) is -2.94. The highest BCUT2D eigenvalue weighted by Crippen LogP contribution is 2.34. The van der Waals surface area contributed by atoms with Crippen molar-refractivity contribution in [3.63, 3.8) is 0 Å². The first-order valence-electron chi connectivity index (χ1n) is 7.45. The van der Waals surface area contributed by atoms with Crippen LogP contribution >= 0.6 is 11.8 Å². The van der Waals surface area contributed by atoms with Gasteiger partial charge in [-0.1, -0.05) is 17.8 Å². The molecule has 0 aromatic heterocycles. The van der Waals surface area contributed by atoms with Gasteiger partial charge in [0.2, 0.25) is 0 Å². The molecule has 2 heterocycles. The molecule has 2 aliphatic rings. The Morgan fingerprint density at radius 3 is 2.83 bits per heavy atom. The standard InChI is InChI=1S/C15H19N3O3S2/c1-9(2)16-14(19)10-4-3-5-11(6-10)17-15-18-12-7-23(20,21)8-13(12)22-15/h3-6,9,12-13H,7-8H2,1-2H3,(H,16,19)(H,17,18). The summed E-state index contributed by atoms with van der Waals surface area (Å²) in [5.74, 6) is 0.202. The maximum atomic E-state index is 12.0. The van der Waals surface area contributed by atoms with Crippen molar-refractivity contribution in [3.05, 3.63) is 29.8 Å². The highest BCUT2D eigenvalue weighted by atomic mass is 32.2. The molecule has 2 aliphatic heterocycles. The van der Waals surface area contributed by atoms with Gasteiger partial charge in [-0.15, -0.1) is 0 Å². The monoisotopic (exact) mass is 353 g/mol. The van der Waals surface area contributed by atoms with Gasteiger partial charge in [0.1, 0.15) is 0 Å². The molecule has 3 rings (SSSR count). The molecule has 124 valence electrons. The minimum Gasteiger partial charge on any atom is -0.350 e. The average Bonchev–Trinajstić information content (AvgIpc) is 2.90. The van der Waals surface area contributed by atoms with E-state index in [1.807, 2.05) is 26.0 Å². The lowest BCUT2D eigenvalue weighted by molar-refractivity contribution is 0.0943. The Balaban J connectivity index is 1.69. The number of sulfone groups is 1. The van der Waals surface area contributed by atoms with Crippen LogP contribution in [0.3, 0.4) is 0 Å². The summed E-state index contributed by atoms with van der Waals surface area (Å²) in [6.45, 7) is 3.83. The number of aliphatic imine (C=N–C) groups is 1. The highest BCUT2D eigenvalue weighted by molar-refractivity contribution is 8.15. The quantitative estimate of drug-likeness (QED) is 0.860. The van der Waals surface area contributed by atoms with Gasteiger partial charge >= 0.3 is 0 Å². The number of amidine groups is 1. The Hall–Kier alpha value is -1.54. The number of hydrogen-bond donors (Lipinski definition) is 2. The molecule has 2 N–H and O–H groups in total. The number of hydrogen-bond acceptors (Lipinski definition) is 6. The lowest BCUT2D eigenvalue weighted by atomic mass is 10.2. The third kappa shape index (κ3) is 3.87. The molecule has 23 heavy (non-hydrogen) atoms. The van der Waals surface area contributed by atoms with Crippen LogP contribution in [0, 0.1) is 0 Å². The number of rotatable bonds is 3. The van der Waals surface area contributed by atoms with Crippen molar-refractivity contribution >= 4 is 38.4 Å². The fraction of sp³-hybridized carbons (Fsp3) is 0.467. The second-order valence-electron chi connectivity index (χ2n) is 6.07. The van der Waals surface area contributed by atoms with Crippen LogP contribution in [0.5, 0.6) is 0 Å². The smallest absolute Gasteiger partial charge is 0.251 e. The maximum Gasteiger partial charge on any atom is 0.251 e. The summed E-state index contributed by atoms with van der Waals surface area (Å²) in [5.41, 5.74) is 1.35. The Kier molecular flexibility index (Phi) is 4.37. The lowest BCUT2D eigenvalue weighted by Gasteiger charge is -2.11. The van der Waals surface area contributed by atoms with Crippen molar-refractivity contribution in [1.29, 1.82) is 0 Å². The zero-order chi connectivity index (χ0) is 16.6. The molecule has 6 nitrogen and oxygen atoms in total. The van der Waals surface area contributed by atoms with Crippen molar-refractivity contribution in [1.82, 2.24) is 5.32 Å². The summed E-state index contributed by atoms with van der Waals surface area (Å²) in [4.78, 5) is 16.5. The molecule has 0 spiro atoms. The molecule has 2 atom stereocenters. The highest BCUT2D eigenvalue weighted by Gasteiger charge is 2.42. The predicted octanol–water partition coefficient (Wildman–Crippen LogP) is 1.51. The predicted molar refractivity (Wildman–Crippen MR) is 93.9 cm³/mol. The third-order valence-corrected chi connectivity index (χ3v) is 6.76. The van der Waals surface area contributed by atoms with Crippen molar-refractivity contribution in [2.45, 2.75) is 31.2 Å². The molecule has 8 heteroatoms. The van der Waals surface area contributed by atoms with Crippen LogP contribution in [0.2, 0.25) is 0 Å². The van der Waals surface area contributed by atoms with Crippen LogP contribution in [-0.2, 0) is 9.84 Å². The van der Waals surface area contributed by atoms with E-state index in [0.29, 0.717) is 5.56 Å². The largest absolute Gasteiger partial charge is 0.350 e. The molecule has 1 amide bonds. The van der Waals surface area contributed by atoms with E-state index in [4.69, 9.17) is 0 Å². The van der Waals surface area contributed by atoms with Crippen LogP contribution in [0.4, 0.5) is 5.69 Å². The van der Waals surface area contributed by atoms with Crippen LogP contribution in [0.1, 0.15) is 24.2 Å². The van der Waals surface area contributed by atoms with Gasteiger partial charge in [0.05, 0.1) is 17.5 Å². The summed E-state index contributed by atoms with van der Waals surface area (Å²) >= 11 is 1.46. The summed E-state index contributed by atoms with van der Waals surface area (Å²) < 4.78 is 23.1. The SMILES string of the molecule is CC(C)NC(=O)c1cccc(NC2=NC3CS(=O)(=O)CC3S2)c1. The number of carbonyl (C=O) groups excluding carboxylic acids is 1. The first-order valence-corrected chi connectivity index (χ1v) is 10.2. The summed E-state index contributed by atoms with van der Waals surface area (Å²) in [5, 5.41) is 6.76. The van der Waals surface area contributed by atoms with E-state index in [-0.39, 0.29) is 34.7 Å². The number of benzene rings is 1. The van der Waals surface area contributed by atoms with Gasteiger partial charge in [-0.25, -0.2) is 8.42 Å². The van der Waals surface area contributed by atoms with Crippen LogP contribution < -0.4 is 10.6 Å². The first-order chi connectivity index (χ1) is 10.8. The van der Waals surface area contributed by atoms with Gasteiger partial charge < -0.3 is 10.6 Å². The van der Waals surface area contributed by atoms with Crippen molar-refractivity contribution in [2.75, 3.05) is 16.8 Å². The number of carbonyl (C=O) groups is 1. The van der Waals surface area contributed by atoms with Gasteiger partial charge in [-0.05, 0) is 32.0 Å². The molecule has 0 radical (unpaired) electrons. The van der Waals surface area contributed by atoms with Crippen LogP contribution in [-0.4, -0.2) is 48.3 Å². The zero-order valence-electron chi connectivity index (χ0n) is 12.9. The van der Waals surface area contributed by atoms with Gasteiger partial charge in [-0.2, -0.15) is 0 Å². The van der Waals surface area contributed by atoms with Gasteiger partial charge in [0.25, 0.3) is 5.91 Å². The number of nitrogens with zero attached hydrogens (tertiary/aromatic N) is 1. The van der Waals surface area contributed by atoms with E-state index in [9.17, 15) is 13.2 Å². The van der Waals surface area contributed by atoms with Gasteiger partial charge in [0.15, 0.2) is 15.0 Å². The fourth-order valence-electron chi connectivity index (χ4n) is 2.62. The minimum atomic E-state index is -2.94. The Morgan fingerprint density at radius 1 is 1.35 bits per heavy atom. The average molecular weight is 353 g/mol. The molecule has 1 saturated heterocycles. The molecule has 2 unspecified atom stereocenters. The van der Waals surface area contributed by atoms with Crippen molar-refractivity contribution in [3.8, 4) is 0 Å². The molecule has 1 fully saturated rings. The summed E-state index contributed by atoms with van der Waals surface area (Å²) in [6.07, 6.45) is 0. The number of fused-ring (bicyclic) bond motifs is 1. The molecule has 0 saturated carbocycles. The molecular weight excluding hydrogens is 334 g/mol. The summed E-state index contributed by atoms with van der Waals surface area (Å²) in [6, 6.07) is 7.12. The number of nitrogens with one attached hydrogen (secondary N) is 2. The molecule has 0 bridgehead atoms. The topological polar surface area (TPSA) is 87.6 Å². The maximum absolute atomic E-state index is 12.0. The number of anilines is 1. The van der Waals surface area contributed by atoms with Crippen molar-refractivity contribution in [2.24, 2.45) is 4.99 Å². The molecule has 0 aliphatic carbocycles. The number of amides is 1. The van der Waals surface area contributed by atoms with E-state index in [0.717, 1.165) is 10.9 Å². The van der Waals surface area contributed by atoms with Crippen LogP contribution in [0.25, 0.3) is 0 Å². The molecule has 1 aromatic carbocycles. The van der Waals surface area contributed by atoms with Gasteiger partial charge in [0, 0.05) is 22.5 Å². The molecular formula is C15H19N3O3S2. The second kappa shape index (κ2) is 6.16. The van der Waals surface area contributed by atoms with E-state index >= 15 is 0 Å². The van der Waals surface area contributed by atoms with Gasteiger partial charge in [-0.3, -0.25) is 9.79 Å². The Bertz CT molecular complexity index is 759. The van der Waals surface area contributed by atoms with Crippen LogP contribution in [0.15, 0.2) is 29.3 Å². The minimum absolute atomic E-state index is 0.00919. The lowest BCUT2D eigenvalue weighted by Crippen LogP contribution is -2.30. The van der Waals surface area contributed by atoms with Crippen molar-refractivity contribution < 1.29 is 13.2 Å². The third-order valence-electron chi connectivity index (χ3n) is 3.61. The van der Waals surface area contributed by atoms with E-state index in [1.54, 1.807) is 12.1 Å². The fourth-order valence-corrected chi connectivity index (χ4v) is 6.30. The Morgan fingerprint density at radius 2 is 2.13 bits per heavy atom. The number of thioether (sulfide) groups is 1. The first kappa shape index (κ1) is 16.3. The Labute approximate surface area is 140 Å². The second-order valence-corrected chi connectivity index (χ2v) is 9.45. The van der Waals surface area contributed by atoms with E-state index < -0.39 is 9.84 Å². The van der Waals surface area contributed by atoms with E-state index in [1.165, 1.54) is 11.8 Å². The molecule has 1 aromatic rings. The normalized spacial score (nSPS) is 25.1. The zero-order valence-corrected chi connectivity index (χ0v) is 14.6. The van der Waals surface area contributed by atoms with E-state index in [2.05, 4.69) is 15.6 Å².